The fourth-order valence-electron chi connectivity index (χ4n) is 2.09. The third-order valence-electron chi connectivity index (χ3n) is 3.04. The summed E-state index contributed by atoms with van der Waals surface area (Å²) in [7, 11) is 0. The van der Waals surface area contributed by atoms with Gasteiger partial charge in [-0.3, -0.25) is 4.79 Å². The molecule has 0 radical (unpaired) electrons. The molecule has 21 heavy (non-hydrogen) atoms. The van der Waals surface area contributed by atoms with Crippen molar-refractivity contribution in [1.82, 2.24) is 15.3 Å². The van der Waals surface area contributed by atoms with Gasteiger partial charge in [0.15, 0.2) is 0 Å². The summed E-state index contributed by atoms with van der Waals surface area (Å²) in [6.07, 6.45) is 2.48. The zero-order valence-electron chi connectivity index (χ0n) is 11.0. The molecule has 1 amide bonds. The number of amides is 1. The monoisotopic (exact) mass is 317 g/mol. The van der Waals surface area contributed by atoms with Crippen molar-refractivity contribution in [2.45, 2.75) is 6.42 Å². The number of nitrogens with one attached hydrogen (secondary N) is 1. The molecule has 106 valence electrons. The summed E-state index contributed by atoms with van der Waals surface area (Å²) in [5, 5.41) is 6.95. The number of carbonyl (C=O) groups excluding carboxylic acids is 1. The van der Waals surface area contributed by atoms with Crippen LogP contribution >= 0.6 is 22.9 Å². The van der Waals surface area contributed by atoms with Crippen molar-refractivity contribution in [3.63, 3.8) is 0 Å². The second-order valence-corrected chi connectivity index (χ2v) is 5.81. The van der Waals surface area contributed by atoms with Crippen LogP contribution in [0.1, 0.15) is 15.4 Å². The second-order valence-electron chi connectivity index (χ2n) is 4.44. The van der Waals surface area contributed by atoms with Crippen molar-refractivity contribution < 1.29 is 4.79 Å². The number of rotatable bonds is 4. The smallest absolute Gasteiger partial charge is 0.252 e. The first-order chi connectivity index (χ1) is 10.2. The normalized spacial score (nSPS) is 10.7. The molecule has 3 aromatic rings. The predicted molar refractivity (Wildman–Crippen MR) is 84.9 cm³/mol. The topological polar surface area (TPSA) is 54.9 Å². The van der Waals surface area contributed by atoms with E-state index in [0.29, 0.717) is 17.3 Å². The first-order valence-corrected chi connectivity index (χ1v) is 7.71. The van der Waals surface area contributed by atoms with Gasteiger partial charge in [-0.25, -0.2) is 9.97 Å². The van der Waals surface area contributed by atoms with Gasteiger partial charge >= 0.3 is 0 Å². The molecule has 0 fully saturated rings. The Hall–Kier alpha value is -1.98. The molecule has 2 heterocycles. The minimum Gasteiger partial charge on any atom is -0.352 e. The van der Waals surface area contributed by atoms with E-state index in [1.165, 1.54) is 0 Å². The van der Waals surface area contributed by atoms with E-state index in [0.717, 1.165) is 22.3 Å². The van der Waals surface area contributed by atoms with Gasteiger partial charge in [0.1, 0.15) is 5.15 Å². The number of thiazole rings is 1. The van der Waals surface area contributed by atoms with Crippen LogP contribution in [0.3, 0.4) is 0 Å². The number of carbonyl (C=O) groups is 1. The van der Waals surface area contributed by atoms with E-state index in [4.69, 9.17) is 11.6 Å². The minimum atomic E-state index is -0.146. The lowest BCUT2D eigenvalue weighted by Crippen LogP contribution is -2.26. The molecular weight excluding hydrogens is 306 g/mol. The van der Waals surface area contributed by atoms with Crippen LogP contribution in [-0.4, -0.2) is 22.4 Å². The molecule has 0 spiro atoms. The quantitative estimate of drug-likeness (QED) is 0.751. The Morgan fingerprint density at radius 2 is 2.19 bits per heavy atom. The number of aromatic nitrogens is 2. The average molecular weight is 318 g/mol. The van der Waals surface area contributed by atoms with Crippen LogP contribution in [0.5, 0.6) is 0 Å². The van der Waals surface area contributed by atoms with Gasteiger partial charge < -0.3 is 5.32 Å². The van der Waals surface area contributed by atoms with Crippen LogP contribution in [0.25, 0.3) is 10.9 Å². The Bertz CT molecular complexity index is 774. The Labute approximate surface area is 130 Å². The highest BCUT2D eigenvalue weighted by Gasteiger charge is 2.12. The SMILES string of the molecule is O=C(NCCc1nccs1)c1cc(Cl)nc2ccccc12. The van der Waals surface area contributed by atoms with E-state index in [1.807, 2.05) is 29.6 Å². The maximum Gasteiger partial charge on any atom is 0.252 e. The van der Waals surface area contributed by atoms with Gasteiger partial charge in [-0.2, -0.15) is 0 Å². The number of nitrogens with zero attached hydrogens (tertiary/aromatic N) is 2. The summed E-state index contributed by atoms with van der Waals surface area (Å²) in [5.41, 5.74) is 1.26. The van der Waals surface area contributed by atoms with Gasteiger partial charge in [-0.15, -0.1) is 11.3 Å². The summed E-state index contributed by atoms with van der Waals surface area (Å²) in [6, 6.07) is 9.06. The highest BCUT2D eigenvalue weighted by atomic mass is 35.5. The minimum absolute atomic E-state index is 0.146. The molecule has 0 aliphatic carbocycles. The molecule has 4 nitrogen and oxygen atoms in total. The highest BCUT2D eigenvalue weighted by molar-refractivity contribution is 7.09. The summed E-state index contributed by atoms with van der Waals surface area (Å²) < 4.78 is 0. The summed E-state index contributed by atoms with van der Waals surface area (Å²) >= 11 is 7.57. The van der Waals surface area contributed by atoms with Crippen LogP contribution in [-0.2, 0) is 6.42 Å². The van der Waals surface area contributed by atoms with E-state index in [2.05, 4.69) is 15.3 Å². The number of para-hydroxylation sites is 1. The zero-order chi connectivity index (χ0) is 14.7. The zero-order valence-corrected chi connectivity index (χ0v) is 12.6. The van der Waals surface area contributed by atoms with E-state index in [9.17, 15) is 4.79 Å². The van der Waals surface area contributed by atoms with Crippen molar-refractivity contribution >= 4 is 39.7 Å². The third kappa shape index (κ3) is 3.20. The second kappa shape index (κ2) is 6.20. The average Bonchev–Trinajstić information content (AvgIpc) is 2.99. The number of benzene rings is 1. The molecular formula is C15H12ClN3OS. The first kappa shape index (κ1) is 14.0. The van der Waals surface area contributed by atoms with E-state index >= 15 is 0 Å². The predicted octanol–water partition coefficient (Wildman–Crippen LogP) is 3.32. The standard InChI is InChI=1S/C15H12ClN3OS/c16-13-9-11(10-3-1-2-4-12(10)19-13)15(20)18-6-5-14-17-7-8-21-14/h1-4,7-9H,5-6H2,(H,18,20). The molecule has 2 aromatic heterocycles. The molecule has 0 saturated carbocycles. The number of pyridine rings is 1. The van der Waals surface area contributed by atoms with Crippen LogP contribution in [0.2, 0.25) is 5.15 Å². The van der Waals surface area contributed by atoms with Gasteiger partial charge in [-0.1, -0.05) is 29.8 Å². The van der Waals surface area contributed by atoms with Gasteiger partial charge in [0.05, 0.1) is 16.1 Å². The number of hydrogen-bond donors (Lipinski definition) is 1. The molecule has 0 atom stereocenters. The summed E-state index contributed by atoms with van der Waals surface area (Å²) in [6.45, 7) is 0.542. The number of hydrogen-bond acceptors (Lipinski definition) is 4. The molecule has 0 aliphatic rings. The van der Waals surface area contributed by atoms with Crippen LogP contribution in [0.15, 0.2) is 41.9 Å². The lowest BCUT2D eigenvalue weighted by molar-refractivity contribution is 0.0955. The van der Waals surface area contributed by atoms with Gasteiger partial charge in [0, 0.05) is 29.9 Å². The lowest BCUT2D eigenvalue weighted by atomic mass is 10.1. The maximum atomic E-state index is 12.3. The molecule has 1 aromatic carbocycles. The van der Waals surface area contributed by atoms with Gasteiger partial charge in [-0.05, 0) is 12.1 Å². The van der Waals surface area contributed by atoms with Crippen molar-refractivity contribution in [3.8, 4) is 0 Å². The Morgan fingerprint density at radius 1 is 1.33 bits per heavy atom. The molecule has 0 unspecified atom stereocenters. The van der Waals surface area contributed by atoms with Crippen molar-refractivity contribution in [1.29, 1.82) is 0 Å². The molecule has 0 saturated heterocycles. The molecule has 0 aliphatic heterocycles. The fraction of sp³-hybridized carbons (Fsp3) is 0.133. The lowest BCUT2D eigenvalue weighted by Gasteiger charge is -2.08. The molecule has 0 bridgehead atoms. The fourth-order valence-corrected chi connectivity index (χ4v) is 2.91. The van der Waals surface area contributed by atoms with Crippen molar-refractivity contribution in [2.24, 2.45) is 0 Å². The third-order valence-corrected chi connectivity index (χ3v) is 4.07. The Balaban J connectivity index is 1.78. The van der Waals surface area contributed by atoms with Gasteiger partial charge in [0.25, 0.3) is 5.91 Å². The molecule has 1 N–H and O–H groups in total. The summed E-state index contributed by atoms with van der Waals surface area (Å²) in [4.78, 5) is 20.7. The van der Waals surface area contributed by atoms with Gasteiger partial charge in [0.2, 0.25) is 0 Å². The molecule has 3 rings (SSSR count). The number of halogens is 1. The van der Waals surface area contributed by atoms with Crippen molar-refractivity contribution in [3.05, 3.63) is 57.6 Å². The summed E-state index contributed by atoms with van der Waals surface area (Å²) in [5.74, 6) is -0.146. The molecule has 6 heteroatoms. The Kier molecular flexibility index (Phi) is 4.13. The Morgan fingerprint density at radius 3 is 3.00 bits per heavy atom. The van der Waals surface area contributed by atoms with Crippen molar-refractivity contribution in [2.75, 3.05) is 6.54 Å². The first-order valence-electron chi connectivity index (χ1n) is 6.46. The highest BCUT2D eigenvalue weighted by Crippen LogP contribution is 2.20. The van der Waals surface area contributed by atoms with Crippen LogP contribution in [0, 0.1) is 0 Å². The maximum absolute atomic E-state index is 12.3. The van der Waals surface area contributed by atoms with E-state index in [1.54, 1.807) is 23.6 Å². The largest absolute Gasteiger partial charge is 0.352 e. The van der Waals surface area contributed by atoms with Crippen LogP contribution < -0.4 is 5.32 Å². The van der Waals surface area contributed by atoms with Crippen LogP contribution in [0.4, 0.5) is 0 Å². The van der Waals surface area contributed by atoms with E-state index < -0.39 is 0 Å². The number of fused-ring (bicyclic) bond motifs is 1. The van der Waals surface area contributed by atoms with E-state index in [-0.39, 0.29) is 5.91 Å².